The van der Waals surface area contributed by atoms with Crippen LogP contribution in [-0.2, 0) is 0 Å². The van der Waals surface area contributed by atoms with Gasteiger partial charge in [-0.2, -0.15) is 0 Å². The maximum atomic E-state index is 5.60. The lowest BCUT2D eigenvalue weighted by molar-refractivity contribution is 0.385. The van der Waals surface area contributed by atoms with Crippen molar-refractivity contribution >= 4 is 18.2 Å². The van der Waals surface area contributed by atoms with Crippen LogP contribution in [0.1, 0.15) is 24.8 Å². The van der Waals surface area contributed by atoms with Crippen LogP contribution >= 0.6 is 12.4 Å². The first-order chi connectivity index (χ1) is 7.79. The van der Waals surface area contributed by atoms with E-state index in [0.29, 0.717) is 0 Å². The Balaban J connectivity index is 0.00000144. The summed E-state index contributed by atoms with van der Waals surface area (Å²) in [5.74, 6) is 1.96. The molecule has 1 saturated heterocycles. The third-order valence-electron chi connectivity index (χ3n) is 3.41. The Hall–Kier alpha value is -0.800. The summed E-state index contributed by atoms with van der Waals surface area (Å²) >= 11 is 0. The van der Waals surface area contributed by atoms with Gasteiger partial charge < -0.3 is 10.6 Å². The van der Waals surface area contributed by atoms with E-state index in [4.69, 9.17) is 5.73 Å². The molecule has 0 atom stereocenters. The Morgan fingerprint density at radius 1 is 1.41 bits per heavy atom. The SMILES string of the molecule is Cc1ccnc(N2CCC(CCN)CC2)c1.Cl. The number of piperidine rings is 1. The number of nitrogens with two attached hydrogens (primary N) is 1. The lowest BCUT2D eigenvalue weighted by atomic mass is 9.93. The molecule has 0 spiro atoms. The lowest BCUT2D eigenvalue weighted by Crippen LogP contribution is -2.34. The molecule has 2 rings (SSSR count). The largest absolute Gasteiger partial charge is 0.357 e. The Labute approximate surface area is 110 Å². The summed E-state index contributed by atoms with van der Waals surface area (Å²) in [5.41, 5.74) is 6.89. The van der Waals surface area contributed by atoms with Crippen molar-refractivity contribution in [3.05, 3.63) is 23.9 Å². The second-order valence-corrected chi connectivity index (χ2v) is 4.70. The number of pyridine rings is 1. The van der Waals surface area contributed by atoms with Gasteiger partial charge in [0.1, 0.15) is 5.82 Å². The molecule has 2 heterocycles. The van der Waals surface area contributed by atoms with Crippen molar-refractivity contribution in [2.45, 2.75) is 26.2 Å². The van der Waals surface area contributed by atoms with Gasteiger partial charge in [-0.15, -0.1) is 12.4 Å². The van der Waals surface area contributed by atoms with Crippen LogP contribution in [0.3, 0.4) is 0 Å². The predicted molar refractivity (Wildman–Crippen MR) is 74.8 cm³/mol. The van der Waals surface area contributed by atoms with Gasteiger partial charge in [0.2, 0.25) is 0 Å². The van der Waals surface area contributed by atoms with Gasteiger partial charge in [0, 0.05) is 19.3 Å². The zero-order valence-electron chi connectivity index (χ0n) is 10.4. The molecule has 0 saturated carbocycles. The highest BCUT2D eigenvalue weighted by molar-refractivity contribution is 5.85. The molecule has 0 amide bonds. The van der Waals surface area contributed by atoms with Crippen LogP contribution < -0.4 is 10.6 Å². The van der Waals surface area contributed by atoms with Crippen molar-refractivity contribution in [1.29, 1.82) is 0 Å². The van der Waals surface area contributed by atoms with E-state index in [0.717, 1.165) is 31.4 Å². The van der Waals surface area contributed by atoms with E-state index >= 15 is 0 Å². The number of aryl methyl sites for hydroxylation is 1. The summed E-state index contributed by atoms with van der Waals surface area (Å²) in [6.45, 7) is 5.20. The van der Waals surface area contributed by atoms with Gasteiger partial charge >= 0.3 is 0 Å². The van der Waals surface area contributed by atoms with Crippen LogP contribution in [0.25, 0.3) is 0 Å². The van der Waals surface area contributed by atoms with Crippen LogP contribution in [0.5, 0.6) is 0 Å². The van der Waals surface area contributed by atoms with E-state index in [1.54, 1.807) is 0 Å². The molecule has 17 heavy (non-hydrogen) atoms. The normalized spacial score (nSPS) is 16.7. The Morgan fingerprint density at radius 3 is 2.71 bits per heavy atom. The van der Waals surface area contributed by atoms with Gasteiger partial charge in [-0.05, 0) is 56.3 Å². The standard InChI is InChI=1S/C13H21N3.ClH/c1-11-3-7-15-13(10-11)16-8-4-12(2-6-14)5-9-16;/h3,7,10,12H,2,4-6,8-9,14H2,1H3;1H. The lowest BCUT2D eigenvalue weighted by Gasteiger charge is -2.32. The highest BCUT2D eigenvalue weighted by Crippen LogP contribution is 2.23. The molecular weight excluding hydrogens is 234 g/mol. The van der Waals surface area contributed by atoms with Crippen molar-refractivity contribution in [2.75, 3.05) is 24.5 Å². The van der Waals surface area contributed by atoms with E-state index in [1.165, 1.54) is 24.8 Å². The number of anilines is 1. The van der Waals surface area contributed by atoms with Crippen LogP contribution in [-0.4, -0.2) is 24.6 Å². The van der Waals surface area contributed by atoms with Crippen molar-refractivity contribution in [1.82, 2.24) is 4.98 Å². The second-order valence-electron chi connectivity index (χ2n) is 4.70. The molecule has 0 bridgehead atoms. The first kappa shape index (κ1) is 14.3. The van der Waals surface area contributed by atoms with E-state index in [9.17, 15) is 0 Å². The molecule has 1 aromatic heterocycles. The van der Waals surface area contributed by atoms with Crippen molar-refractivity contribution in [2.24, 2.45) is 11.7 Å². The van der Waals surface area contributed by atoms with E-state index in [1.807, 2.05) is 12.3 Å². The van der Waals surface area contributed by atoms with E-state index in [-0.39, 0.29) is 12.4 Å². The molecular formula is C13H22ClN3. The van der Waals surface area contributed by atoms with Crippen LogP contribution in [0, 0.1) is 12.8 Å². The molecule has 1 aliphatic rings. The zero-order valence-corrected chi connectivity index (χ0v) is 11.2. The number of hydrogen-bond donors (Lipinski definition) is 1. The first-order valence-corrected chi connectivity index (χ1v) is 6.17. The minimum atomic E-state index is 0. The monoisotopic (exact) mass is 255 g/mol. The molecule has 0 radical (unpaired) electrons. The quantitative estimate of drug-likeness (QED) is 0.902. The number of nitrogens with zero attached hydrogens (tertiary/aromatic N) is 2. The molecule has 0 aliphatic carbocycles. The van der Waals surface area contributed by atoms with Gasteiger partial charge in [-0.25, -0.2) is 4.98 Å². The molecule has 96 valence electrons. The smallest absolute Gasteiger partial charge is 0.128 e. The summed E-state index contributed by atoms with van der Waals surface area (Å²) in [6.07, 6.45) is 5.59. The van der Waals surface area contributed by atoms with Crippen LogP contribution in [0.15, 0.2) is 18.3 Å². The van der Waals surface area contributed by atoms with Gasteiger partial charge in [-0.1, -0.05) is 0 Å². The van der Waals surface area contributed by atoms with Crippen molar-refractivity contribution in [3.63, 3.8) is 0 Å². The maximum Gasteiger partial charge on any atom is 0.128 e. The molecule has 3 nitrogen and oxygen atoms in total. The highest BCUT2D eigenvalue weighted by atomic mass is 35.5. The summed E-state index contributed by atoms with van der Waals surface area (Å²) in [4.78, 5) is 6.82. The number of aromatic nitrogens is 1. The Morgan fingerprint density at radius 2 is 2.12 bits per heavy atom. The third-order valence-corrected chi connectivity index (χ3v) is 3.41. The zero-order chi connectivity index (χ0) is 11.4. The minimum absolute atomic E-state index is 0. The molecule has 0 unspecified atom stereocenters. The molecule has 1 fully saturated rings. The topological polar surface area (TPSA) is 42.2 Å². The summed E-state index contributed by atoms with van der Waals surface area (Å²) in [6, 6.07) is 4.22. The number of halogens is 1. The van der Waals surface area contributed by atoms with Crippen molar-refractivity contribution in [3.8, 4) is 0 Å². The first-order valence-electron chi connectivity index (χ1n) is 6.17. The fraction of sp³-hybridized carbons (Fsp3) is 0.615. The molecule has 1 aromatic rings. The molecule has 1 aliphatic heterocycles. The summed E-state index contributed by atoms with van der Waals surface area (Å²) in [5, 5.41) is 0. The minimum Gasteiger partial charge on any atom is -0.357 e. The van der Waals surface area contributed by atoms with Gasteiger partial charge in [0.25, 0.3) is 0 Å². The van der Waals surface area contributed by atoms with E-state index < -0.39 is 0 Å². The summed E-state index contributed by atoms with van der Waals surface area (Å²) < 4.78 is 0. The Kier molecular flexibility index (Phi) is 5.72. The molecule has 4 heteroatoms. The predicted octanol–water partition coefficient (Wildman–Crippen LogP) is 2.38. The van der Waals surface area contributed by atoms with E-state index in [2.05, 4.69) is 22.9 Å². The third kappa shape index (κ3) is 3.86. The fourth-order valence-corrected chi connectivity index (χ4v) is 2.38. The molecule has 0 aromatic carbocycles. The molecule has 2 N–H and O–H groups in total. The fourth-order valence-electron chi connectivity index (χ4n) is 2.38. The maximum absolute atomic E-state index is 5.60. The average Bonchev–Trinajstić information content (AvgIpc) is 2.30. The second kappa shape index (κ2) is 6.82. The van der Waals surface area contributed by atoms with Crippen LogP contribution in [0.4, 0.5) is 5.82 Å². The number of rotatable bonds is 3. The van der Waals surface area contributed by atoms with Gasteiger partial charge in [-0.3, -0.25) is 0 Å². The van der Waals surface area contributed by atoms with Crippen LogP contribution in [0.2, 0.25) is 0 Å². The van der Waals surface area contributed by atoms with Gasteiger partial charge in [0.05, 0.1) is 0 Å². The summed E-state index contributed by atoms with van der Waals surface area (Å²) in [7, 11) is 0. The Bertz CT molecular complexity index is 335. The van der Waals surface area contributed by atoms with Gasteiger partial charge in [0.15, 0.2) is 0 Å². The highest BCUT2D eigenvalue weighted by Gasteiger charge is 2.19. The number of hydrogen-bond acceptors (Lipinski definition) is 3. The van der Waals surface area contributed by atoms with Crippen molar-refractivity contribution < 1.29 is 0 Å². The average molecular weight is 256 g/mol.